The SMILES string of the molecule is [2H]C([2H])([2H])c1cc(-n2c3cc(Oc4cccc(-n5[c](=[Pt])n(C([2H])([2H])[2H])c6ccccc65)c4)ccc3c3cc4c(cc32)OCCC4)ncc1-c1ccccc1. The molecule has 238 valence electrons. The average Bonchev–Trinajstić information content (AvgIpc) is 3.64. The molecule has 0 aliphatic carbocycles. The fourth-order valence-electron chi connectivity index (χ4n) is 6.75. The molecule has 0 radical (unpaired) electrons. The van der Waals surface area contributed by atoms with Gasteiger partial charge in [0.15, 0.2) is 0 Å². The average molecular weight is 814 g/mol. The van der Waals surface area contributed by atoms with Crippen molar-refractivity contribution in [3.8, 4) is 39.9 Å². The van der Waals surface area contributed by atoms with Crippen molar-refractivity contribution in [2.45, 2.75) is 19.7 Å². The van der Waals surface area contributed by atoms with Crippen LogP contribution in [0.5, 0.6) is 17.2 Å². The first-order valence-electron chi connectivity index (χ1n) is 18.7. The van der Waals surface area contributed by atoms with Crippen molar-refractivity contribution in [3.63, 3.8) is 0 Å². The Bertz CT molecular complexity index is 2820. The molecule has 48 heavy (non-hydrogen) atoms. The third-order valence-electron chi connectivity index (χ3n) is 8.99. The summed E-state index contributed by atoms with van der Waals surface area (Å²) in [5.41, 5.74) is 6.42. The number of aryl methyl sites for hydroxylation is 3. The molecule has 0 N–H and O–H groups in total. The molecule has 4 heterocycles. The van der Waals surface area contributed by atoms with E-state index < -0.39 is 13.8 Å². The number of nitrogens with zero attached hydrogens (tertiary/aromatic N) is 4. The van der Waals surface area contributed by atoms with Crippen molar-refractivity contribution in [1.82, 2.24) is 18.7 Å². The van der Waals surface area contributed by atoms with E-state index in [2.05, 4.69) is 25.4 Å². The number of para-hydroxylation sites is 2. The molecular formula is C41H32N4O2Pt. The monoisotopic (exact) mass is 813 g/mol. The van der Waals surface area contributed by atoms with Gasteiger partial charge in [0.05, 0.1) is 6.61 Å². The van der Waals surface area contributed by atoms with Crippen LogP contribution in [0.2, 0.25) is 0 Å². The van der Waals surface area contributed by atoms with Gasteiger partial charge in [-0.3, -0.25) is 0 Å². The van der Waals surface area contributed by atoms with Crippen LogP contribution in [0.25, 0.3) is 55.5 Å². The van der Waals surface area contributed by atoms with E-state index in [1.54, 1.807) is 12.3 Å². The second-order valence-corrected chi connectivity index (χ2v) is 12.9. The van der Waals surface area contributed by atoms with Gasteiger partial charge < -0.3 is 4.74 Å². The molecule has 0 atom stereocenters. The van der Waals surface area contributed by atoms with Crippen LogP contribution in [-0.2, 0) is 32.8 Å². The molecule has 0 saturated carbocycles. The van der Waals surface area contributed by atoms with Crippen molar-refractivity contribution < 1.29 is 37.1 Å². The predicted octanol–water partition coefficient (Wildman–Crippen LogP) is 9.63. The van der Waals surface area contributed by atoms with Gasteiger partial charge in [0.1, 0.15) is 5.75 Å². The van der Waals surface area contributed by atoms with E-state index in [-0.39, 0.29) is 5.56 Å². The summed E-state index contributed by atoms with van der Waals surface area (Å²) in [5.74, 6) is 2.40. The molecule has 3 aromatic heterocycles. The second-order valence-electron chi connectivity index (χ2n) is 11.9. The summed E-state index contributed by atoms with van der Waals surface area (Å²) >= 11 is 2.06. The minimum Gasteiger partial charge on any atom is -0.493 e. The first-order chi connectivity index (χ1) is 26.0. The van der Waals surface area contributed by atoms with Crippen molar-refractivity contribution >= 4 is 32.8 Å². The van der Waals surface area contributed by atoms with E-state index in [1.807, 2.05) is 112 Å². The fraction of sp³-hybridized carbons (Fsp3) is 0.122. The number of benzene rings is 5. The Morgan fingerprint density at radius 2 is 1.60 bits per heavy atom. The zero-order chi connectivity index (χ0) is 37.4. The molecular weight excluding hydrogens is 776 g/mol. The van der Waals surface area contributed by atoms with E-state index in [4.69, 9.17) is 22.7 Å². The van der Waals surface area contributed by atoms with Crippen LogP contribution in [0, 0.1) is 10.7 Å². The topological polar surface area (TPSA) is 46.1 Å². The van der Waals surface area contributed by atoms with Gasteiger partial charge in [0.25, 0.3) is 0 Å². The molecule has 0 fully saturated rings. The van der Waals surface area contributed by atoms with Gasteiger partial charge in [0, 0.05) is 15.9 Å². The summed E-state index contributed by atoms with van der Waals surface area (Å²) < 4.78 is 68.5. The Hall–Kier alpha value is -5.19. The van der Waals surface area contributed by atoms with Crippen LogP contribution < -0.4 is 9.47 Å². The summed E-state index contributed by atoms with van der Waals surface area (Å²) in [7, 11) is 0. The third-order valence-corrected chi connectivity index (χ3v) is 10.0. The number of ether oxygens (including phenoxy) is 2. The van der Waals surface area contributed by atoms with Crippen molar-refractivity contribution in [2.24, 2.45) is 6.98 Å². The van der Waals surface area contributed by atoms with Crippen LogP contribution in [-0.4, -0.2) is 25.3 Å². The first kappa shape index (κ1) is 23.2. The van der Waals surface area contributed by atoms with E-state index in [0.717, 1.165) is 62.7 Å². The Labute approximate surface area is 297 Å². The molecule has 1 aliphatic heterocycles. The zero-order valence-corrected chi connectivity index (χ0v) is 27.9. The number of pyridine rings is 1. The van der Waals surface area contributed by atoms with Gasteiger partial charge in [-0.25, -0.2) is 0 Å². The molecule has 0 unspecified atom stereocenters. The number of fused-ring (bicyclic) bond motifs is 5. The molecule has 6 nitrogen and oxygen atoms in total. The second kappa shape index (κ2) is 11.5. The smallest absolute Gasteiger partial charge is 0.493 e. The summed E-state index contributed by atoms with van der Waals surface area (Å²) in [6, 6.07) is 36.2. The molecule has 7 heteroatoms. The van der Waals surface area contributed by atoms with E-state index in [1.165, 1.54) is 4.57 Å². The van der Waals surface area contributed by atoms with E-state index in [0.29, 0.717) is 38.8 Å². The number of hydrogen-bond acceptors (Lipinski definition) is 3. The third kappa shape index (κ3) is 4.74. The van der Waals surface area contributed by atoms with Crippen LogP contribution in [0.15, 0.2) is 121 Å². The van der Waals surface area contributed by atoms with Gasteiger partial charge in [-0.2, -0.15) is 0 Å². The summed E-state index contributed by atoms with van der Waals surface area (Å²) in [5, 5.41) is 1.97. The Morgan fingerprint density at radius 1 is 0.771 bits per heavy atom. The van der Waals surface area contributed by atoms with Gasteiger partial charge in [-0.1, -0.05) is 30.3 Å². The Morgan fingerprint density at radius 3 is 2.48 bits per heavy atom. The molecule has 0 amide bonds. The number of hydrogen-bond donors (Lipinski definition) is 0. The van der Waals surface area contributed by atoms with Gasteiger partial charge in [-0.05, 0) is 36.4 Å². The minimum absolute atomic E-state index is 0.208. The maximum absolute atomic E-state index is 8.49. The molecule has 0 spiro atoms. The Kier molecular flexibility index (Phi) is 5.56. The van der Waals surface area contributed by atoms with Crippen LogP contribution in [0.4, 0.5) is 0 Å². The first-order valence-corrected chi connectivity index (χ1v) is 16.9. The molecule has 9 rings (SSSR count). The van der Waals surface area contributed by atoms with E-state index in [9.17, 15) is 0 Å². The van der Waals surface area contributed by atoms with Crippen LogP contribution >= 0.6 is 0 Å². The predicted molar refractivity (Wildman–Crippen MR) is 188 cm³/mol. The van der Waals surface area contributed by atoms with E-state index >= 15 is 0 Å². The quantitative estimate of drug-likeness (QED) is 0.174. The normalized spacial score (nSPS) is 15.2. The molecule has 0 bridgehead atoms. The molecule has 8 aromatic rings. The van der Waals surface area contributed by atoms with Crippen molar-refractivity contribution in [1.29, 1.82) is 0 Å². The summed E-state index contributed by atoms with van der Waals surface area (Å²) in [6.45, 7) is -4.12. The van der Waals surface area contributed by atoms with Crippen LogP contribution in [0.3, 0.4) is 0 Å². The van der Waals surface area contributed by atoms with Gasteiger partial charge in [-0.15, -0.1) is 0 Å². The number of aromatic nitrogens is 4. The van der Waals surface area contributed by atoms with Crippen molar-refractivity contribution in [2.75, 3.05) is 6.61 Å². The van der Waals surface area contributed by atoms with Gasteiger partial charge >= 0.3 is 198 Å². The molecule has 1 aliphatic rings. The summed E-state index contributed by atoms with van der Waals surface area (Å²) in [6.07, 6.45) is 3.49. The number of rotatable bonds is 5. The summed E-state index contributed by atoms with van der Waals surface area (Å²) in [4.78, 5) is 4.88. The Balaban J connectivity index is 1.19. The number of imidazole rings is 1. The fourth-order valence-corrected chi connectivity index (χ4v) is 7.59. The van der Waals surface area contributed by atoms with Crippen LogP contribution in [0.1, 0.15) is 25.8 Å². The van der Waals surface area contributed by atoms with Crippen molar-refractivity contribution in [3.05, 3.63) is 136 Å². The molecule has 5 aromatic carbocycles. The zero-order valence-electron chi connectivity index (χ0n) is 31.6. The minimum atomic E-state index is -2.39. The standard InChI is InChI=1S/C41H32N4O2.Pt/c1-27-20-41(42-25-35(27)28-10-4-3-5-11-28)45-38-23-32(17-18-33(38)34-21-29-12-9-19-46-40(29)24-39(34)45)47-31-14-8-13-30(22-31)44-26-43(2)36-15-6-7-16-37(36)44;/h3-8,10-11,13-18,20-25H,9,12,19H2,1-2H3;/i1D3,2D3;. The molecule has 0 saturated heterocycles. The van der Waals surface area contributed by atoms with Gasteiger partial charge in [0.2, 0.25) is 0 Å². The maximum atomic E-state index is 8.49.